The summed E-state index contributed by atoms with van der Waals surface area (Å²) in [5, 5.41) is 18.1. The van der Waals surface area contributed by atoms with Crippen molar-refractivity contribution in [2.24, 2.45) is 0 Å². The van der Waals surface area contributed by atoms with Crippen molar-refractivity contribution in [3.8, 4) is 0 Å². The van der Waals surface area contributed by atoms with Crippen LogP contribution in [0.1, 0.15) is 58.9 Å². The summed E-state index contributed by atoms with van der Waals surface area (Å²) in [7, 11) is 0.967. The number of ether oxygens (including phenoxy) is 1. The Balaban J connectivity index is 0.000000252. The topological polar surface area (TPSA) is 127 Å². The number of aliphatic hydroxyl groups excluding tert-OH is 1. The van der Waals surface area contributed by atoms with Gasteiger partial charge in [0.2, 0.25) is 5.84 Å². The highest BCUT2D eigenvalue weighted by atomic mass is 28.3. The molecule has 2 aliphatic heterocycles. The zero-order valence-electron chi connectivity index (χ0n) is 26.3. The standard InChI is InChI=1S/C16H21NO4.C12H17NO.C4H10N2Si/c1-16(2,3)21-15(20)17-8-6-11-4-5-13(14(18)19)10-12(11)7-9-17;1-13-6-4-11-3-2-10(9-14)8-12(11)5-7-13;1-7(2,3)4-6-5/h4-5,10H,6-9H2,1-3H3,(H,18,19);2-3,8,14H,4-7,9H2,1H3;4H,1-3H3. The first-order valence-electron chi connectivity index (χ1n) is 14.5. The van der Waals surface area contributed by atoms with Crippen molar-refractivity contribution in [3.63, 3.8) is 0 Å². The number of rotatable bonds is 3. The van der Waals surface area contributed by atoms with Crippen LogP contribution >= 0.6 is 0 Å². The number of hydrogen-bond donors (Lipinski definition) is 2. The zero-order valence-corrected chi connectivity index (χ0v) is 27.3. The number of benzene rings is 2. The summed E-state index contributed by atoms with van der Waals surface area (Å²) in [4.78, 5) is 30.1. The Morgan fingerprint density at radius 2 is 1.45 bits per heavy atom. The average molecular weight is 597 g/mol. The van der Waals surface area contributed by atoms with Gasteiger partial charge in [-0.3, -0.25) is 0 Å². The Morgan fingerprint density at radius 3 is 1.95 bits per heavy atom. The quantitative estimate of drug-likeness (QED) is 0.220. The van der Waals surface area contributed by atoms with Gasteiger partial charge in [0.15, 0.2) is 8.07 Å². The molecular weight excluding hydrogens is 548 g/mol. The lowest BCUT2D eigenvalue weighted by Gasteiger charge is -2.26. The van der Waals surface area contributed by atoms with Crippen molar-refractivity contribution in [1.29, 1.82) is 0 Å². The molecule has 230 valence electrons. The van der Waals surface area contributed by atoms with Crippen molar-refractivity contribution in [3.05, 3.63) is 75.3 Å². The maximum atomic E-state index is 12.1. The molecule has 9 nitrogen and oxygen atoms in total. The van der Waals surface area contributed by atoms with E-state index in [4.69, 9.17) is 20.5 Å². The molecule has 0 radical (unpaired) electrons. The number of carboxylic acid groups (broad SMARTS) is 1. The van der Waals surface area contributed by atoms with Crippen LogP contribution in [0.3, 0.4) is 0 Å². The van der Waals surface area contributed by atoms with Gasteiger partial charge in [-0.2, -0.15) is 4.79 Å². The number of nitrogens with zero attached hydrogens (tertiary/aromatic N) is 4. The molecule has 42 heavy (non-hydrogen) atoms. The molecule has 2 aromatic carbocycles. The van der Waals surface area contributed by atoms with Gasteiger partial charge < -0.3 is 30.3 Å². The normalized spacial score (nSPS) is 15.1. The summed E-state index contributed by atoms with van der Waals surface area (Å²) in [6.45, 7) is 15.4. The smallest absolute Gasteiger partial charge is 0.410 e. The van der Waals surface area contributed by atoms with Crippen molar-refractivity contribution in [2.75, 3.05) is 33.2 Å². The molecule has 0 saturated carbocycles. The number of carboxylic acids is 1. The Bertz CT molecular complexity index is 1260. The Morgan fingerprint density at radius 1 is 0.929 bits per heavy atom. The average Bonchev–Trinajstić information content (AvgIpc) is 3.23. The van der Waals surface area contributed by atoms with E-state index < -0.39 is 19.6 Å². The van der Waals surface area contributed by atoms with E-state index in [2.05, 4.69) is 48.5 Å². The molecule has 10 heteroatoms. The maximum Gasteiger partial charge on any atom is 0.410 e. The van der Waals surface area contributed by atoms with E-state index in [0.29, 0.717) is 31.5 Å². The second-order valence-corrected chi connectivity index (χ2v) is 17.9. The molecule has 0 fully saturated rings. The third kappa shape index (κ3) is 12.3. The zero-order chi connectivity index (χ0) is 31.5. The number of carbonyl (C=O) groups is 2. The van der Waals surface area contributed by atoms with Crippen molar-refractivity contribution in [2.45, 2.75) is 78.3 Å². The molecule has 0 aliphatic carbocycles. The lowest BCUT2D eigenvalue weighted by Crippen LogP contribution is -2.38. The van der Waals surface area contributed by atoms with E-state index in [1.807, 2.05) is 32.9 Å². The van der Waals surface area contributed by atoms with E-state index >= 15 is 0 Å². The van der Waals surface area contributed by atoms with Crippen LogP contribution in [0.4, 0.5) is 4.79 Å². The van der Waals surface area contributed by atoms with Crippen molar-refractivity contribution in [1.82, 2.24) is 9.80 Å². The molecule has 2 N–H and O–H groups in total. The molecule has 0 unspecified atom stereocenters. The van der Waals surface area contributed by atoms with E-state index in [9.17, 15) is 9.59 Å². The van der Waals surface area contributed by atoms with Gasteiger partial charge in [0.25, 0.3) is 0 Å². The first kappa shape index (κ1) is 34.9. The molecule has 2 aromatic rings. The summed E-state index contributed by atoms with van der Waals surface area (Å²) < 4.78 is 5.39. The highest BCUT2D eigenvalue weighted by molar-refractivity contribution is 6.98. The summed E-state index contributed by atoms with van der Waals surface area (Å²) >= 11 is 0. The lowest BCUT2D eigenvalue weighted by atomic mass is 10.0. The molecule has 0 bridgehead atoms. The van der Waals surface area contributed by atoms with Gasteiger partial charge in [-0.05, 0) is 93.5 Å². The summed E-state index contributed by atoms with van der Waals surface area (Å²) in [6, 6.07) is 11.5. The Kier molecular flexibility index (Phi) is 13.1. The summed E-state index contributed by atoms with van der Waals surface area (Å²) in [5.41, 5.74) is 13.8. The number of aliphatic hydroxyl groups is 1. The SMILES string of the molecule is CC(C)(C)OC(=O)N1CCc2ccc(C(=O)O)cc2CC1.CN1CCc2ccc(CO)cc2CC1.C[Si](C)(C)C=[N+]=[N-]. The number of aromatic carboxylic acids is 1. The maximum absolute atomic E-state index is 12.1. The van der Waals surface area contributed by atoms with Crippen LogP contribution < -0.4 is 0 Å². The number of carbonyl (C=O) groups excluding carboxylic acids is 1. The van der Waals surface area contributed by atoms with Gasteiger partial charge in [0.1, 0.15) is 5.60 Å². The third-order valence-electron chi connectivity index (χ3n) is 6.83. The van der Waals surface area contributed by atoms with Crippen LogP contribution in [0.15, 0.2) is 36.4 Å². The molecule has 2 heterocycles. The lowest BCUT2D eigenvalue weighted by molar-refractivity contribution is 0.00677. The van der Waals surface area contributed by atoms with Crippen LogP contribution in [0, 0.1) is 0 Å². The Labute approximate surface area is 251 Å². The van der Waals surface area contributed by atoms with Gasteiger partial charge in [0, 0.05) is 26.2 Å². The number of amides is 1. The van der Waals surface area contributed by atoms with Gasteiger partial charge in [-0.15, -0.1) is 0 Å². The predicted octanol–water partition coefficient (Wildman–Crippen LogP) is 5.09. The second-order valence-electron chi connectivity index (χ2n) is 12.9. The number of hydrogen-bond acceptors (Lipinski definition) is 5. The van der Waals surface area contributed by atoms with E-state index in [-0.39, 0.29) is 12.7 Å². The van der Waals surface area contributed by atoms with Crippen LogP contribution in [-0.2, 0) is 37.0 Å². The fraction of sp³-hybridized carbons (Fsp3) is 0.531. The predicted molar refractivity (Wildman–Crippen MR) is 169 cm³/mol. The van der Waals surface area contributed by atoms with Crippen LogP contribution in [0.25, 0.3) is 5.53 Å². The van der Waals surface area contributed by atoms with Crippen molar-refractivity contribution < 1.29 is 29.3 Å². The second kappa shape index (κ2) is 15.8. The minimum atomic E-state index is -1.20. The van der Waals surface area contributed by atoms with E-state index in [0.717, 1.165) is 42.6 Å². The molecule has 0 saturated heterocycles. The fourth-order valence-corrected chi connectivity index (χ4v) is 4.88. The molecular formula is C32H48N4O5Si. The van der Waals surface area contributed by atoms with Gasteiger partial charge >= 0.3 is 12.1 Å². The molecule has 1 amide bonds. The minimum Gasteiger partial charge on any atom is -0.478 e. The summed E-state index contributed by atoms with van der Waals surface area (Å²) in [5.74, 6) is 0.707. The van der Waals surface area contributed by atoms with Gasteiger partial charge in [-0.25, -0.2) is 9.59 Å². The highest BCUT2D eigenvalue weighted by Crippen LogP contribution is 2.20. The number of likely N-dealkylation sites (N-methyl/N-ethyl adjacent to an activating group) is 1. The summed E-state index contributed by atoms with van der Waals surface area (Å²) in [6.07, 6.45) is 3.30. The monoisotopic (exact) mass is 596 g/mol. The Hall–Kier alpha value is -3.30. The van der Waals surface area contributed by atoms with Gasteiger partial charge in [0.05, 0.1) is 12.2 Å². The molecule has 2 aliphatic rings. The molecule has 0 spiro atoms. The first-order valence-corrected chi connectivity index (χ1v) is 18.1. The van der Waals surface area contributed by atoms with Crippen LogP contribution in [0.2, 0.25) is 19.6 Å². The van der Waals surface area contributed by atoms with E-state index in [1.54, 1.807) is 22.9 Å². The molecule has 0 atom stereocenters. The minimum absolute atomic E-state index is 0.156. The van der Waals surface area contributed by atoms with Crippen LogP contribution in [0.5, 0.6) is 0 Å². The molecule has 0 aromatic heterocycles. The van der Waals surface area contributed by atoms with E-state index in [1.165, 1.54) is 11.1 Å². The third-order valence-corrected chi connectivity index (χ3v) is 7.72. The largest absolute Gasteiger partial charge is 0.478 e. The van der Waals surface area contributed by atoms with Crippen LogP contribution in [-0.4, -0.2) is 89.6 Å². The fourth-order valence-electron chi connectivity index (χ4n) is 4.53. The highest BCUT2D eigenvalue weighted by Gasteiger charge is 2.24. The first-order chi connectivity index (χ1) is 19.6. The van der Waals surface area contributed by atoms with Crippen molar-refractivity contribution >= 4 is 26.0 Å². The molecule has 4 rings (SSSR count). The number of fused-ring (bicyclic) bond motifs is 2. The van der Waals surface area contributed by atoms with Gasteiger partial charge in [-0.1, -0.05) is 43.9 Å².